The average molecular weight is 344 g/mol. The van der Waals surface area contributed by atoms with Gasteiger partial charge in [0, 0.05) is 11.9 Å². The van der Waals surface area contributed by atoms with E-state index in [1.54, 1.807) is 50.4 Å². The van der Waals surface area contributed by atoms with Gasteiger partial charge >= 0.3 is 0 Å². The van der Waals surface area contributed by atoms with Gasteiger partial charge in [0.25, 0.3) is 11.8 Å². The molecular formula is C17H20N4O4. The normalized spacial score (nSPS) is 9.84. The number of carbonyl (C=O) groups excluding carboxylic acids is 2. The summed E-state index contributed by atoms with van der Waals surface area (Å²) in [7, 11) is 1.58. The van der Waals surface area contributed by atoms with Crippen LogP contribution in [0.2, 0.25) is 0 Å². The molecule has 0 unspecified atom stereocenters. The second kappa shape index (κ2) is 9.11. The highest BCUT2D eigenvalue weighted by atomic mass is 16.5. The lowest BCUT2D eigenvalue weighted by Crippen LogP contribution is -2.44. The molecule has 1 aromatic heterocycles. The molecule has 8 heteroatoms. The average Bonchev–Trinajstić information content (AvgIpc) is 2.65. The third-order valence-electron chi connectivity index (χ3n) is 3.16. The first-order valence-corrected chi connectivity index (χ1v) is 7.69. The molecule has 25 heavy (non-hydrogen) atoms. The standard InChI is InChI=1S/C17H20N4O4/c1-3-25-17-14(5-4-10-18-17)16(23)21-20-15(22)11-19-12-6-8-13(24-2)9-7-12/h4-10,19H,3,11H2,1-2H3,(H,20,22)(H,21,23). The summed E-state index contributed by atoms with van der Waals surface area (Å²) in [5, 5.41) is 2.93. The van der Waals surface area contributed by atoms with Crippen molar-refractivity contribution < 1.29 is 19.1 Å². The molecule has 0 saturated carbocycles. The van der Waals surface area contributed by atoms with Crippen LogP contribution in [-0.2, 0) is 4.79 Å². The maximum Gasteiger partial charge on any atom is 0.275 e. The summed E-state index contributed by atoms with van der Waals surface area (Å²) in [5.41, 5.74) is 5.67. The number of benzene rings is 1. The molecule has 8 nitrogen and oxygen atoms in total. The van der Waals surface area contributed by atoms with Crippen LogP contribution in [0.5, 0.6) is 11.6 Å². The van der Waals surface area contributed by atoms with E-state index in [1.807, 2.05) is 0 Å². The number of hydrogen-bond acceptors (Lipinski definition) is 6. The number of anilines is 1. The quantitative estimate of drug-likeness (QED) is 0.656. The Balaban J connectivity index is 1.82. The monoisotopic (exact) mass is 344 g/mol. The second-order valence-corrected chi connectivity index (χ2v) is 4.87. The zero-order valence-corrected chi connectivity index (χ0v) is 14.0. The Hall–Kier alpha value is -3.29. The first-order valence-electron chi connectivity index (χ1n) is 7.69. The summed E-state index contributed by atoms with van der Waals surface area (Å²) in [4.78, 5) is 27.9. The highest BCUT2D eigenvalue weighted by Gasteiger charge is 2.13. The minimum atomic E-state index is -0.505. The molecule has 1 heterocycles. The van der Waals surface area contributed by atoms with Gasteiger partial charge in [0.2, 0.25) is 5.88 Å². The van der Waals surface area contributed by atoms with E-state index >= 15 is 0 Å². The number of ether oxygens (including phenoxy) is 2. The Kier molecular flexibility index (Phi) is 6.58. The zero-order chi connectivity index (χ0) is 18.1. The molecule has 132 valence electrons. The maximum absolute atomic E-state index is 12.1. The molecule has 0 bridgehead atoms. The van der Waals surface area contributed by atoms with Crippen LogP contribution in [0.15, 0.2) is 42.6 Å². The molecule has 2 amide bonds. The molecule has 0 saturated heterocycles. The highest BCUT2D eigenvalue weighted by Crippen LogP contribution is 2.15. The molecule has 3 N–H and O–H groups in total. The van der Waals surface area contributed by atoms with Crippen LogP contribution in [0.4, 0.5) is 5.69 Å². The number of aromatic nitrogens is 1. The lowest BCUT2D eigenvalue weighted by Gasteiger charge is -2.11. The van der Waals surface area contributed by atoms with Gasteiger partial charge in [0.15, 0.2) is 0 Å². The highest BCUT2D eigenvalue weighted by molar-refractivity contribution is 5.97. The zero-order valence-electron chi connectivity index (χ0n) is 14.0. The smallest absolute Gasteiger partial charge is 0.275 e. The van der Waals surface area contributed by atoms with E-state index in [-0.39, 0.29) is 18.0 Å². The topological polar surface area (TPSA) is 102 Å². The van der Waals surface area contributed by atoms with Crippen molar-refractivity contribution in [1.82, 2.24) is 15.8 Å². The molecule has 0 radical (unpaired) electrons. The van der Waals surface area contributed by atoms with Crippen molar-refractivity contribution in [1.29, 1.82) is 0 Å². The Morgan fingerprint density at radius 2 is 1.88 bits per heavy atom. The fourth-order valence-corrected chi connectivity index (χ4v) is 1.94. The van der Waals surface area contributed by atoms with Gasteiger partial charge in [-0.3, -0.25) is 20.4 Å². The van der Waals surface area contributed by atoms with Crippen molar-refractivity contribution in [2.24, 2.45) is 0 Å². The summed E-state index contributed by atoms with van der Waals surface area (Å²) >= 11 is 0. The van der Waals surface area contributed by atoms with Gasteiger partial charge in [0.05, 0.1) is 20.3 Å². The summed E-state index contributed by atoms with van der Waals surface area (Å²) in [6, 6.07) is 10.3. The van der Waals surface area contributed by atoms with E-state index in [2.05, 4.69) is 21.2 Å². The van der Waals surface area contributed by atoms with Crippen LogP contribution in [-0.4, -0.2) is 37.1 Å². The van der Waals surface area contributed by atoms with Gasteiger partial charge in [0.1, 0.15) is 11.3 Å². The van der Waals surface area contributed by atoms with Gasteiger partial charge in [-0.15, -0.1) is 0 Å². The molecule has 0 fully saturated rings. The van der Waals surface area contributed by atoms with Crippen molar-refractivity contribution in [3.63, 3.8) is 0 Å². The molecule has 0 aliphatic rings. The van der Waals surface area contributed by atoms with Crippen molar-refractivity contribution in [3.05, 3.63) is 48.2 Å². The van der Waals surface area contributed by atoms with Crippen molar-refractivity contribution in [3.8, 4) is 11.6 Å². The van der Waals surface area contributed by atoms with Gasteiger partial charge in [-0.1, -0.05) is 0 Å². The number of hydrogen-bond donors (Lipinski definition) is 3. The van der Waals surface area contributed by atoms with Crippen molar-refractivity contribution >= 4 is 17.5 Å². The van der Waals surface area contributed by atoms with E-state index in [4.69, 9.17) is 9.47 Å². The predicted molar refractivity (Wildman–Crippen MR) is 92.5 cm³/mol. The van der Waals surface area contributed by atoms with E-state index < -0.39 is 11.8 Å². The number of pyridine rings is 1. The number of methoxy groups -OCH3 is 1. The minimum Gasteiger partial charge on any atom is -0.497 e. The lowest BCUT2D eigenvalue weighted by atomic mass is 10.2. The SMILES string of the molecule is CCOc1ncccc1C(=O)NNC(=O)CNc1ccc(OC)cc1. The van der Waals surface area contributed by atoms with Crippen LogP contribution in [0, 0.1) is 0 Å². The summed E-state index contributed by atoms with van der Waals surface area (Å²) in [6.45, 7) is 2.18. The van der Waals surface area contributed by atoms with Crippen LogP contribution >= 0.6 is 0 Å². The Morgan fingerprint density at radius 1 is 1.12 bits per heavy atom. The first-order chi connectivity index (χ1) is 12.1. The van der Waals surface area contributed by atoms with Crippen LogP contribution in [0.1, 0.15) is 17.3 Å². The maximum atomic E-state index is 12.1. The number of hydrazine groups is 1. The summed E-state index contributed by atoms with van der Waals surface area (Å²) in [5.74, 6) is 0.0392. The predicted octanol–water partition coefficient (Wildman–Crippen LogP) is 1.36. The van der Waals surface area contributed by atoms with E-state index in [0.29, 0.717) is 6.61 Å². The molecule has 0 atom stereocenters. The number of nitrogens with zero attached hydrogens (tertiary/aromatic N) is 1. The molecule has 0 aliphatic heterocycles. The van der Waals surface area contributed by atoms with Crippen molar-refractivity contribution in [2.75, 3.05) is 25.6 Å². The van der Waals surface area contributed by atoms with E-state index in [0.717, 1.165) is 11.4 Å². The fraction of sp³-hybridized carbons (Fsp3) is 0.235. The third-order valence-corrected chi connectivity index (χ3v) is 3.16. The second-order valence-electron chi connectivity index (χ2n) is 4.87. The Morgan fingerprint density at radius 3 is 2.56 bits per heavy atom. The number of carbonyl (C=O) groups is 2. The lowest BCUT2D eigenvalue weighted by molar-refractivity contribution is -0.120. The number of nitrogens with one attached hydrogen (secondary N) is 3. The first kappa shape index (κ1) is 18.1. The molecule has 2 rings (SSSR count). The minimum absolute atomic E-state index is 0.00202. The molecule has 2 aromatic rings. The van der Waals surface area contributed by atoms with E-state index in [9.17, 15) is 9.59 Å². The number of rotatable bonds is 7. The van der Waals surface area contributed by atoms with Crippen molar-refractivity contribution in [2.45, 2.75) is 6.92 Å². The Labute approximate surface area is 145 Å². The number of amides is 2. The van der Waals surface area contributed by atoms with Gasteiger partial charge in [-0.2, -0.15) is 0 Å². The summed E-state index contributed by atoms with van der Waals surface area (Å²) < 4.78 is 10.3. The largest absolute Gasteiger partial charge is 0.497 e. The molecular weight excluding hydrogens is 324 g/mol. The molecule has 0 aliphatic carbocycles. The van der Waals surface area contributed by atoms with Gasteiger partial charge in [-0.25, -0.2) is 4.98 Å². The molecule has 0 spiro atoms. The van der Waals surface area contributed by atoms with Gasteiger partial charge in [-0.05, 0) is 43.3 Å². The fourth-order valence-electron chi connectivity index (χ4n) is 1.94. The van der Waals surface area contributed by atoms with Crippen LogP contribution < -0.4 is 25.6 Å². The third kappa shape index (κ3) is 5.38. The van der Waals surface area contributed by atoms with Crippen LogP contribution in [0.25, 0.3) is 0 Å². The van der Waals surface area contributed by atoms with E-state index in [1.165, 1.54) is 6.20 Å². The molecule has 1 aromatic carbocycles. The van der Waals surface area contributed by atoms with Crippen LogP contribution in [0.3, 0.4) is 0 Å². The summed E-state index contributed by atoms with van der Waals surface area (Å²) in [6.07, 6.45) is 1.53. The van der Waals surface area contributed by atoms with Gasteiger partial charge < -0.3 is 14.8 Å². The Bertz CT molecular complexity index is 719.